The Hall–Kier alpha value is -5.50. The van der Waals surface area contributed by atoms with Crippen LogP contribution in [0.25, 0.3) is 21.7 Å². The molecule has 4 aromatic carbocycles. The van der Waals surface area contributed by atoms with Gasteiger partial charge in [0.1, 0.15) is 23.6 Å². The summed E-state index contributed by atoms with van der Waals surface area (Å²) in [5.74, 6) is 1.31. The van der Waals surface area contributed by atoms with Crippen molar-refractivity contribution in [3.63, 3.8) is 0 Å². The molecule has 0 saturated heterocycles. The number of nitrogens with zero attached hydrogens (tertiary/aromatic N) is 6. The number of carbonyl (C=O) groups excluding carboxylic acids is 1. The molecule has 9 nitrogen and oxygen atoms in total. The van der Waals surface area contributed by atoms with E-state index in [1.807, 2.05) is 65.2 Å². The molecule has 0 unspecified atom stereocenters. The number of nitrogen functional groups attached to an aromatic ring is 1. The fraction of sp³-hybridized carbons (Fsp3) is 0. The van der Waals surface area contributed by atoms with Gasteiger partial charge in [-0.3, -0.25) is 19.2 Å². The van der Waals surface area contributed by atoms with Crippen LogP contribution in [0.2, 0.25) is 20.1 Å². The van der Waals surface area contributed by atoms with Crippen LogP contribution in [0.1, 0.15) is 10.4 Å². The summed E-state index contributed by atoms with van der Waals surface area (Å²) in [6, 6.07) is 29.5. The highest BCUT2D eigenvalue weighted by atomic mass is 35.5. The number of anilines is 3. The Morgan fingerprint density at radius 2 is 1.41 bits per heavy atom. The van der Waals surface area contributed by atoms with Crippen LogP contribution in [0.3, 0.4) is 0 Å². The highest BCUT2D eigenvalue weighted by Crippen LogP contribution is 2.33. The zero-order valence-corrected chi connectivity index (χ0v) is 28.6. The van der Waals surface area contributed by atoms with Crippen LogP contribution < -0.4 is 11.1 Å². The number of rotatable bonds is 4. The first-order valence-electron chi connectivity index (χ1n) is 14.3. The summed E-state index contributed by atoms with van der Waals surface area (Å²) in [4.78, 5) is 29.7. The first-order valence-corrected chi connectivity index (χ1v) is 15.8. The summed E-state index contributed by atoms with van der Waals surface area (Å²) in [5, 5.41) is 5.39. The molecule has 3 aromatic heterocycles. The van der Waals surface area contributed by atoms with Crippen molar-refractivity contribution >= 4 is 81.3 Å². The molecule has 0 aliphatic heterocycles. The van der Waals surface area contributed by atoms with E-state index >= 15 is 0 Å². The Balaban J connectivity index is 0.000000177. The lowest BCUT2D eigenvalue weighted by molar-refractivity contribution is 0.112. The van der Waals surface area contributed by atoms with Gasteiger partial charge < -0.3 is 11.1 Å². The number of aromatic nitrogens is 5. The summed E-state index contributed by atoms with van der Waals surface area (Å²) >= 11 is 23.4. The van der Waals surface area contributed by atoms with Crippen LogP contribution >= 0.6 is 46.4 Å². The summed E-state index contributed by atoms with van der Waals surface area (Å²) in [7, 11) is 0. The van der Waals surface area contributed by atoms with Gasteiger partial charge >= 0.3 is 5.69 Å². The van der Waals surface area contributed by atoms with Crippen molar-refractivity contribution in [1.82, 2.24) is 24.3 Å². The fourth-order valence-electron chi connectivity index (χ4n) is 3.94. The van der Waals surface area contributed by atoms with Crippen LogP contribution in [0.15, 0.2) is 134 Å². The van der Waals surface area contributed by atoms with Crippen molar-refractivity contribution in [2.45, 2.75) is 0 Å². The van der Waals surface area contributed by atoms with Crippen molar-refractivity contribution in [2.24, 2.45) is 0 Å². The monoisotopic (exact) mass is 727 g/mol. The number of nitrogens with two attached hydrogens (primary N) is 1. The zero-order valence-electron chi connectivity index (χ0n) is 25.5. The van der Waals surface area contributed by atoms with Crippen LogP contribution in [0.4, 0.5) is 23.0 Å². The third-order valence-electron chi connectivity index (χ3n) is 6.23. The number of halogens is 4. The number of imidazole rings is 1. The Morgan fingerprint density at radius 1 is 0.755 bits per heavy atom. The van der Waals surface area contributed by atoms with Gasteiger partial charge in [0.15, 0.2) is 5.65 Å². The number of nitrogens with one attached hydrogen (secondary N) is 1. The Morgan fingerprint density at radius 3 is 1.96 bits per heavy atom. The molecular formula is C36H27Cl4N8O+. The summed E-state index contributed by atoms with van der Waals surface area (Å²) < 4.78 is 1.96. The normalized spacial score (nSPS) is 9.78. The molecule has 3 N–H and O–H groups in total. The third-order valence-corrected chi connectivity index (χ3v) is 7.71. The van der Waals surface area contributed by atoms with Gasteiger partial charge in [-0.1, -0.05) is 107 Å². The van der Waals surface area contributed by atoms with E-state index in [9.17, 15) is 4.79 Å². The summed E-state index contributed by atoms with van der Waals surface area (Å²) in [6.45, 7) is 4.99. The molecule has 3 heterocycles. The number of fused-ring (bicyclic) bond motifs is 1. The van der Waals surface area contributed by atoms with Gasteiger partial charge in [-0.25, -0.2) is 9.97 Å². The number of hydrogen-bond donors (Lipinski definition) is 2. The van der Waals surface area contributed by atoms with Crippen LogP contribution in [0, 0.1) is 6.57 Å². The van der Waals surface area contributed by atoms with Gasteiger partial charge in [0.2, 0.25) is 0 Å². The minimum Gasteiger partial charge on any atom is -0.382 e. The average molecular weight is 729 g/mol. The van der Waals surface area contributed by atoms with Crippen molar-refractivity contribution in [3.8, 4) is 17.8 Å². The quantitative estimate of drug-likeness (QED) is 0.173. The second-order valence-electron chi connectivity index (χ2n) is 9.62. The van der Waals surface area contributed by atoms with Crippen molar-refractivity contribution in [3.05, 3.63) is 165 Å². The van der Waals surface area contributed by atoms with Crippen LogP contribution in [-0.2, 0) is 0 Å². The highest BCUT2D eigenvalue weighted by Gasteiger charge is 2.14. The standard InChI is InChI=1S/C18H12Cl2N4.C7H4Cl2N.C7H6O.C4H5N3/c19-14-7-6-13(10-15(14)20)22-18-17(12-4-2-1-3-5-12)23-16-11-21-8-9-24(16)18;1-10-5-2-3-6(8)7(9)4-5;8-6-7-4-2-1-3-5-7;5-4-3-6-1-2-7-4/h1-11,22H;1-4H;1-6H;1-3H,(H2,5,7)/q;+1;;. The summed E-state index contributed by atoms with van der Waals surface area (Å²) in [6.07, 6.45) is 10.8. The number of aldehydes is 1. The van der Waals surface area contributed by atoms with Gasteiger partial charge in [-0.15, -0.1) is 0 Å². The SMILES string of the molecule is C#[N+]c1ccc(Cl)c(Cl)c1.Clc1ccc(Nc2c(-c3ccccc3)nc3cnccn23)cc1Cl.Nc1cnccn1.O=Cc1ccccc1. The van der Waals surface area contributed by atoms with Crippen LogP contribution in [-0.4, -0.2) is 30.6 Å². The smallest absolute Gasteiger partial charge is 0.341 e. The zero-order chi connectivity index (χ0) is 35.0. The lowest BCUT2D eigenvalue weighted by atomic mass is 10.1. The van der Waals surface area contributed by atoms with E-state index in [4.69, 9.17) is 63.7 Å². The molecular weight excluding hydrogens is 702 g/mol. The number of carbonyl (C=O) groups is 1. The van der Waals surface area contributed by atoms with Crippen molar-refractivity contribution in [1.29, 1.82) is 0 Å². The van der Waals surface area contributed by atoms with Crippen LogP contribution in [0.5, 0.6) is 0 Å². The predicted molar refractivity (Wildman–Crippen MR) is 201 cm³/mol. The lowest BCUT2D eigenvalue weighted by Gasteiger charge is -2.09. The Kier molecular flexibility index (Phi) is 13.9. The second kappa shape index (κ2) is 18.7. The number of hydrogen-bond acceptors (Lipinski definition) is 7. The topological polar surface area (TPSA) is 115 Å². The molecule has 0 saturated carbocycles. The largest absolute Gasteiger partial charge is 0.382 e. The first kappa shape index (κ1) is 36.3. The van der Waals surface area contributed by atoms with Gasteiger partial charge in [0.05, 0.1) is 32.5 Å². The molecule has 0 atom stereocenters. The molecule has 49 heavy (non-hydrogen) atoms. The van der Waals surface area contributed by atoms with Crippen molar-refractivity contribution < 1.29 is 4.79 Å². The van der Waals surface area contributed by atoms with Gasteiger partial charge in [-0.2, -0.15) is 0 Å². The van der Waals surface area contributed by atoms with E-state index in [2.05, 4.69) is 25.1 Å². The van der Waals surface area contributed by atoms with Crippen molar-refractivity contribution in [2.75, 3.05) is 11.1 Å². The van der Waals surface area contributed by atoms with E-state index in [1.165, 1.54) is 6.20 Å². The van der Waals surface area contributed by atoms with Gasteiger partial charge in [0.25, 0.3) is 6.57 Å². The van der Waals surface area contributed by atoms with E-state index in [0.29, 0.717) is 31.6 Å². The maximum Gasteiger partial charge on any atom is 0.341 e. The average Bonchev–Trinajstić information content (AvgIpc) is 3.51. The van der Waals surface area contributed by atoms with E-state index in [0.717, 1.165) is 40.3 Å². The molecule has 0 aliphatic carbocycles. The second-order valence-corrected chi connectivity index (χ2v) is 11.2. The van der Waals surface area contributed by atoms with E-state index < -0.39 is 0 Å². The van der Waals surface area contributed by atoms with E-state index in [-0.39, 0.29) is 0 Å². The molecule has 0 bridgehead atoms. The van der Waals surface area contributed by atoms with E-state index in [1.54, 1.807) is 67.3 Å². The molecule has 0 aliphatic rings. The van der Waals surface area contributed by atoms with Gasteiger partial charge in [0, 0.05) is 53.7 Å². The predicted octanol–water partition coefficient (Wildman–Crippen LogP) is 10.6. The molecule has 0 spiro atoms. The first-order chi connectivity index (χ1) is 23.8. The molecule has 0 amide bonds. The molecule has 7 rings (SSSR count). The maximum atomic E-state index is 10.0. The Labute approximate surface area is 302 Å². The molecule has 7 aromatic rings. The molecule has 244 valence electrons. The minimum atomic E-state index is 0.461. The lowest BCUT2D eigenvalue weighted by Crippen LogP contribution is -1.97. The molecule has 0 fully saturated rings. The minimum absolute atomic E-state index is 0.461. The number of benzene rings is 4. The maximum absolute atomic E-state index is 10.0. The fourth-order valence-corrected chi connectivity index (χ4v) is 4.53. The summed E-state index contributed by atoms with van der Waals surface area (Å²) in [5.41, 5.74) is 9.99. The highest BCUT2D eigenvalue weighted by molar-refractivity contribution is 6.42. The molecule has 13 heteroatoms. The third kappa shape index (κ3) is 11.0. The molecule has 0 radical (unpaired) electrons. The Bertz CT molecular complexity index is 2140. The van der Waals surface area contributed by atoms with Gasteiger partial charge in [-0.05, 0) is 29.1 Å².